The van der Waals surface area contributed by atoms with Crippen LogP contribution in [0.25, 0.3) is 0 Å². The molecule has 0 spiro atoms. The van der Waals surface area contributed by atoms with E-state index in [0.29, 0.717) is 11.4 Å². The molecule has 0 saturated heterocycles. The Morgan fingerprint density at radius 2 is 1.77 bits per heavy atom. The second-order valence-electron chi connectivity index (χ2n) is 6.31. The first-order valence-electron chi connectivity index (χ1n) is 8.82. The van der Waals surface area contributed by atoms with E-state index in [-0.39, 0.29) is 20.7 Å². The minimum Gasteiger partial charge on any atom is -0.478 e. The molecule has 1 unspecified atom stereocenters. The number of hydrogen-bond donors (Lipinski definition) is 3. The molecule has 0 aliphatic rings. The number of carboxylic acid groups (broad SMARTS) is 1. The van der Waals surface area contributed by atoms with Gasteiger partial charge in [0.25, 0.3) is 10.0 Å². The molecular formula is C20H17ClN2O5S3. The number of carboxylic acids is 1. The zero-order chi connectivity index (χ0) is 22.6. The van der Waals surface area contributed by atoms with Crippen molar-refractivity contribution < 1.29 is 23.1 Å². The molecule has 162 valence electrons. The monoisotopic (exact) mass is 496 g/mol. The molecule has 3 N–H and O–H groups in total. The van der Waals surface area contributed by atoms with Gasteiger partial charge in [0.05, 0.1) is 15.8 Å². The van der Waals surface area contributed by atoms with E-state index in [1.54, 1.807) is 42.6 Å². The Bertz CT molecular complexity index is 1200. The molecule has 3 aromatic rings. The van der Waals surface area contributed by atoms with Crippen LogP contribution < -0.4 is 10.0 Å². The van der Waals surface area contributed by atoms with Gasteiger partial charge in [-0.1, -0.05) is 17.7 Å². The van der Waals surface area contributed by atoms with Gasteiger partial charge in [-0.15, -0.1) is 23.1 Å². The lowest BCUT2D eigenvalue weighted by Gasteiger charge is -2.13. The molecule has 0 aliphatic carbocycles. The van der Waals surface area contributed by atoms with E-state index in [4.69, 9.17) is 16.7 Å². The average Bonchev–Trinajstić information content (AvgIpc) is 3.26. The smallest absolute Gasteiger partial charge is 0.337 e. The first kappa shape index (κ1) is 23.1. The fourth-order valence-electron chi connectivity index (χ4n) is 2.49. The van der Waals surface area contributed by atoms with Crippen LogP contribution in [0.5, 0.6) is 0 Å². The van der Waals surface area contributed by atoms with Crippen LogP contribution in [0.15, 0.2) is 69.1 Å². The molecule has 1 aromatic heterocycles. The van der Waals surface area contributed by atoms with Crippen LogP contribution in [-0.2, 0) is 14.8 Å². The first-order chi connectivity index (χ1) is 14.7. The third-order valence-electron chi connectivity index (χ3n) is 4.01. The summed E-state index contributed by atoms with van der Waals surface area (Å²) in [7, 11) is -3.62. The Morgan fingerprint density at radius 3 is 2.39 bits per heavy atom. The maximum atomic E-state index is 12.5. The molecule has 1 atom stereocenters. The van der Waals surface area contributed by atoms with Gasteiger partial charge in [0.2, 0.25) is 5.91 Å². The van der Waals surface area contributed by atoms with Gasteiger partial charge >= 0.3 is 5.97 Å². The van der Waals surface area contributed by atoms with Crippen LogP contribution in [-0.4, -0.2) is 30.7 Å². The molecule has 11 heteroatoms. The molecule has 0 fully saturated rings. The number of carbonyl (C=O) groups excluding carboxylic acids is 1. The summed E-state index contributed by atoms with van der Waals surface area (Å²) in [4.78, 5) is 24.4. The number of thioether (sulfide) groups is 1. The number of aromatic carboxylic acids is 1. The van der Waals surface area contributed by atoms with E-state index in [1.807, 2.05) is 0 Å². The van der Waals surface area contributed by atoms with E-state index in [2.05, 4.69) is 10.0 Å². The number of nitrogens with one attached hydrogen (secondary N) is 2. The lowest BCUT2D eigenvalue weighted by atomic mass is 10.2. The predicted octanol–water partition coefficient (Wildman–Crippen LogP) is 5.02. The molecular weight excluding hydrogens is 480 g/mol. The normalized spacial score (nSPS) is 12.2. The Morgan fingerprint density at radius 1 is 1.10 bits per heavy atom. The number of benzene rings is 2. The third kappa shape index (κ3) is 6.01. The zero-order valence-electron chi connectivity index (χ0n) is 16.0. The summed E-state index contributed by atoms with van der Waals surface area (Å²) in [5.41, 5.74) is 0.648. The van der Waals surface area contributed by atoms with Crippen molar-refractivity contribution in [2.45, 2.75) is 21.3 Å². The third-order valence-corrected chi connectivity index (χ3v) is 8.23. The Kier molecular flexibility index (Phi) is 7.26. The van der Waals surface area contributed by atoms with Crippen LogP contribution in [0.1, 0.15) is 17.3 Å². The molecule has 0 radical (unpaired) electrons. The van der Waals surface area contributed by atoms with Gasteiger partial charge in [-0.2, -0.15) is 0 Å². The Hall–Kier alpha value is -2.53. The zero-order valence-corrected chi connectivity index (χ0v) is 19.2. The largest absolute Gasteiger partial charge is 0.478 e. The highest BCUT2D eigenvalue weighted by molar-refractivity contribution is 8.00. The maximum absolute atomic E-state index is 12.5. The van der Waals surface area contributed by atoms with Crippen molar-refractivity contribution >= 4 is 68.0 Å². The molecule has 1 heterocycles. The highest BCUT2D eigenvalue weighted by Crippen LogP contribution is 2.28. The Balaban J connectivity index is 1.61. The first-order valence-corrected chi connectivity index (χ1v) is 12.4. The summed E-state index contributed by atoms with van der Waals surface area (Å²) < 4.78 is 27.3. The number of sulfonamides is 1. The van der Waals surface area contributed by atoms with Gasteiger partial charge in [-0.05, 0) is 60.8 Å². The Labute approximate surface area is 192 Å². The number of carbonyl (C=O) groups is 2. The van der Waals surface area contributed by atoms with Crippen LogP contribution in [0, 0.1) is 0 Å². The topological polar surface area (TPSA) is 113 Å². The minimum atomic E-state index is -3.62. The standard InChI is InChI=1S/C20H17ClN2O5S3/c1-12(19(24)22-14-6-9-17(21)16(11-14)20(25)26)30-15-7-4-13(5-8-15)23-31(27,28)18-3-2-10-29-18/h2-12,23H,1H3,(H,22,24)(H,25,26). The highest BCUT2D eigenvalue weighted by Gasteiger charge is 2.18. The van der Waals surface area contributed by atoms with Crippen molar-refractivity contribution in [1.82, 2.24) is 0 Å². The van der Waals surface area contributed by atoms with Crippen LogP contribution in [0.3, 0.4) is 0 Å². The fourth-order valence-corrected chi connectivity index (χ4v) is 5.61. The van der Waals surface area contributed by atoms with Gasteiger partial charge in [0.1, 0.15) is 4.21 Å². The molecule has 0 aliphatic heterocycles. The van der Waals surface area contributed by atoms with Crippen molar-refractivity contribution in [2.75, 3.05) is 10.0 Å². The average molecular weight is 497 g/mol. The summed E-state index contributed by atoms with van der Waals surface area (Å²) in [6.45, 7) is 1.71. The number of hydrogen-bond acceptors (Lipinski definition) is 6. The SMILES string of the molecule is CC(Sc1ccc(NS(=O)(=O)c2cccs2)cc1)C(=O)Nc1ccc(Cl)c(C(=O)O)c1. The van der Waals surface area contributed by atoms with Crippen molar-refractivity contribution in [3.05, 3.63) is 70.6 Å². The molecule has 31 heavy (non-hydrogen) atoms. The molecule has 1 amide bonds. The number of halogens is 1. The molecule has 0 bridgehead atoms. The second kappa shape index (κ2) is 9.73. The highest BCUT2D eigenvalue weighted by atomic mass is 35.5. The molecule has 7 nitrogen and oxygen atoms in total. The van der Waals surface area contributed by atoms with Crippen molar-refractivity contribution in [3.8, 4) is 0 Å². The summed E-state index contributed by atoms with van der Waals surface area (Å²) >= 11 is 8.25. The fraction of sp³-hybridized carbons (Fsp3) is 0.100. The summed E-state index contributed by atoms with van der Waals surface area (Å²) in [6, 6.07) is 14.1. The lowest BCUT2D eigenvalue weighted by molar-refractivity contribution is -0.115. The molecule has 2 aromatic carbocycles. The van der Waals surface area contributed by atoms with Crippen LogP contribution >= 0.6 is 34.7 Å². The van der Waals surface area contributed by atoms with Gasteiger partial charge in [-0.3, -0.25) is 9.52 Å². The maximum Gasteiger partial charge on any atom is 0.337 e. The van der Waals surface area contributed by atoms with Gasteiger partial charge in [-0.25, -0.2) is 13.2 Å². The van der Waals surface area contributed by atoms with Gasteiger partial charge < -0.3 is 10.4 Å². The lowest BCUT2D eigenvalue weighted by Crippen LogP contribution is -2.22. The van der Waals surface area contributed by atoms with Crippen molar-refractivity contribution in [2.24, 2.45) is 0 Å². The summed E-state index contributed by atoms with van der Waals surface area (Å²) in [5.74, 6) is -1.50. The van der Waals surface area contributed by atoms with Gasteiger partial charge in [0, 0.05) is 16.3 Å². The minimum absolute atomic E-state index is 0.0858. The molecule has 0 saturated carbocycles. The number of amides is 1. The quantitative estimate of drug-likeness (QED) is 0.377. The van der Waals surface area contributed by atoms with E-state index < -0.39 is 21.2 Å². The van der Waals surface area contributed by atoms with E-state index in [9.17, 15) is 18.0 Å². The van der Waals surface area contributed by atoms with Crippen LogP contribution in [0.2, 0.25) is 5.02 Å². The predicted molar refractivity (Wildman–Crippen MR) is 124 cm³/mol. The summed E-state index contributed by atoms with van der Waals surface area (Å²) in [5, 5.41) is 13.1. The summed E-state index contributed by atoms with van der Waals surface area (Å²) in [6.07, 6.45) is 0. The van der Waals surface area contributed by atoms with E-state index in [1.165, 1.54) is 36.0 Å². The molecule has 3 rings (SSSR count). The van der Waals surface area contributed by atoms with Crippen LogP contribution in [0.4, 0.5) is 11.4 Å². The van der Waals surface area contributed by atoms with Crippen molar-refractivity contribution in [1.29, 1.82) is 0 Å². The second-order valence-corrected chi connectivity index (χ2v) is 11.0. The number of anilines is 2. The van der Waals surface area contributed by atoms with Crippen molar-refractivity contribution in [3.63, 3.8) is 0 Å². The van der Waals surface area contributed by atoms with Gasteiger partial charge in [0.15, 0.2) is 0 Å². The van der Waals surface area contributed by atoms with E-state index in [0.717, 1.165) is 16.2 Å². The number of rotatable bonds is 8. The van der Waals surface area contributed by atoms with E-state index >= 15 is 0 Å². The number of thiophene rings is 1.